The van der Waals surface area contributed by atoms with Crippen molar-refractivity contribution in [3.8, 4) is 0 Å². The summed E-state index contributed by atoms with van der Waals surface area (Å²) in [6, 6.07) is 0.795. The highest BCUT2D eigenvalue weighted by Crippen LogP contribution is 2.22. The van der Waals surface area contributed by atoms with Crippen LogP contribution in [0.25, 0.3) is 0 Å². The Kier molecular flexibility index (Phi) is 6.32. The van der Waals surface area contributed by atoms with E-state index in [9.17, 15) is 4.79 Å². The van der Waals surface area contributed by atoms with Gasteiger partial charge in [0, 0.05) is 25.2 Å². The van der Waals surface area contributed by atoms with Crippen LogP contribution in [0.15, 0.2) is 0 Å². The van der Waals surface area contributed by atoms with Gasteiger partial charge in [0.1, 0.15) is 5.60 Å². The number of carbonyl (C=O) groups excluding carboxylic acids is 1. The van der Waals surface area contributed by atoms with Gasteiger partial charge < -0.3 is 19.9 Å². The predicted molar refractivity (Wildman–Crippen MR) is 93.6 cm³/mol. The molecule has 1 amide bonds. The molecule has 2 unspecified atom stereocenters. The molecule has 2 saturated heterocycles. The van der Waals surface area contributed by atoms with Crippen LogP contribution in [0.4, 0.5) is 4.79 Å². The summed E-state index contributed by atoms with van der Waals surface area (Å²) in [7, 11) is 2.20. The van der Waals surface area contributed by atoms with E-state index in [2.05, 4.69) is 24.2 Å². The number of rotatable bonds is 4. The molecule has 0 radical (unpaired) electrons. The zero-order valence-corrected chi connectivity index (χ0v) is 15.6. The van der Waals surface area contributed by atoms with E-state index >= 15 is 0 Å². The molecule has 0 aliphatic carbocycles. The van der Waals surface area contributed by atoms with E-state index in [0.717, 1.165) is 31.8 Å². The average Bonchev–Trinajstić information content (AvgIpc) is 2.92. The Labute approximate surface area is 141 Å². The van der Waals surface area contributed by atoms with Gasteiger partial charge in [0.15, 0.2) is 0 Å². The molecule has 0 aromatic rings. The number of carbonyl (C=O) groups is 1. The maximum atomic E-state index is 12.3. The van der Waals surface area contributed by atoms with Crippen molar-refractivity contribution in [2.45, 2.75) is 71.1 Å². The van der Waals surface area contributed by atoms with Crippen LogP contribution in [-0.4, -0.2) is 66.8 Å². The number of hydrogen-bond donors (Lipinski definition) is 1. The number of amides is 1. The fourth-order valence-corrected chi connectivity index (χ4v) is 3.63. The van der Waals surface area contributed by atoms with E-state index in [4.69, 9.17) is 4.74 Å². The summed E-state index contributed by atoms with van der Waals surface area (Å²) in [5, 5.41) is 3.69. The minimum absolute atomic E-state index is 0.159. The Morgan fingerprint density at radius 3 is 2.48 bits per heavy atom. The average molecular weight is 325 g/mol. The Hall–Kier alpha value is -0.810. The van der Waals surface area contributed by atoms with Gasteiger partial charge in [0.25, 0.3) is 0 Å². The van der Waals surface area contributed by atoms with Gasteiger partial charge in [-0.25, -0.2) is 4.79 Å². The highest BCUT2D eigenvalue weighted by Gasteiger charge is 2.32. The molecule has 2 rings (SSSR count). The SMILES string of the molecule is CC(NCC1CCCN1C(=O)OC(C)(C)C)C1CCN(C)CC1. The van der Waals surface area contributed by atoms with Gasteiger partial charge in [-0.05, 0) is 79.4 Å². The number of piperidine rings is 1. The van der Waals surface area contributed by atoms with Crippen molar-refractivity contribution < 1.29 is 9.53 Å². The molecule has 2 fully saturated rings. The topological polar surface area (TPSA) is 44.8 Å². The molecule has 0 aromatic carbocycles. The molecule has 134 valence electrons. The van der Waals surface area contributed by atoms with Crippen LogP contribution < -0.4 is 5.32 Å². The zero-order valence-electron chi connectivity index (χ0n) is 15.6. The maximum absolute atomic E-state index is 12.3. The highest BCUT2D eigenvalue weighted by atomic mass is 16.6. The van der Waals surface area contributed by atoms with E-state index < -0.39 is 5.60 Å². The zero-order chi connectivity index (χ0) is 17.0. The van der Waals surface area contributed by atoms with Crippen molar-refractivity contribution in [2.24, 2.45) is 5.92 Å². The van der Waals surface area contributed by atoms with Gasteiger partial charge >= 0.3 is 6.09 Å². The fraction of sp³-hybridized carbons (Fsp3) is 0.944. The summed E-state index contributed by atoms with van der Waals surface area (Å²) in [6.45, 7) is 12.2. The van der Waals surface area contributed by atoms with E-state index in [1.807, 2.05) is 25.7 Å². The summed E-state index contributed by atoms with van der Waals surface area (Å²) in [4.78, 5) is 16.6. The molecule has 5 heteroatoms. The van der Waals surface area contributed by atoms with Crippen LogP contribution in [0.3, 0.4) is 0 Å². The van der Waals surface area contributed by atoms with Crippen molar-refractivity contribution >= 4 is 6.09 Å². The molecule has 2 aliphatic rings. The van der Waals surface area contributed by atoms with E-state index in [-0.39, 0.29) is 12.1 Å². The predicted octanol–water partition coefficient (Wildman–Crippen LogP) is 2.71. The minimum atomic E-state index is -0.418. The lowest BCUT2D eigenvalue weighted by atomic mass is 9.90. The normalized spacial score (nSPS) is 25.6. The molecule has 0 bridgehead atoms. The second-order valence-corrected chi connectivity index (χ2v) is 8.31. The molecule has 23 heavy (non-hydrogen) atoms. The summed E-state index contributed by atoms with van der Waals surface area (Å²) >= 11 is 0. The van der Waals surface area contributed by atoms with Crippen LogP contribution in [0.2, 0.25) is 0 Å². The third kappa shape index (κ3) is 5.64. The van der Waals surface area contributed by atoms with Crippen molar-refractivity contribution in [2.75, 3.05) is 33.2 Å². The molecule has 5 nitrogen and oxygen atoms in total. The maximum Gasteiger partial charge on any atom is 0.410 e. The number of nitrogens with zero attached hydrogens (tertiary/aromatic N) is 2. The van der Waals surface area contributed by atoms with E-state index in [0.29, 0.717) is 6.04 Å². The van der Waals surface area contributed by atoms with Crippen molar-refractivity contribution in [1.29, 1.82) is 0 Å². The number of hydrogen-bond acceptors (Lipinski definition) is 4. The Morgan fingerprint density at radius 1 is 1.22 bits per heavy atom. The lowest BCUT2D eigenvalue weighted by Gasteiger charge is -2.34. The number of ether oxygens (including phenoxy) is 1. The molecule has 1 N–H and O–H groups in total. The second kappa shape index (κ2) is 7.84. The van der Waals surface area contributed by atoms with Gasteiger partial charge in [0.05, 0.1) is 0 Å². The summed E-state index contributed by atoms with van der Waals surface area (Å²) < 4.78 is 5.54. The Morgan fingerprint density at radius 2 is 1.87 bits per heavy atom. The quantitative estimate of drug-likeness (QED) is 0.863. The van der Waals surface area contributed by atoms with Gasteiger partial charge in [-0.2, -0.15) is 0 Å². The largest absolute Gasteiger partial charge is 0.444 e. The lowest BCUT2D eigenvalue weighted by Crippen LogP contribution is -2.48. The van der Waals surface area contributed by atoms with Gasteiger partial charge in [-0.15, -0.1) is 0 Å². The third-order valence-electron chi connectivity index (χ3n) is 5.15. The fourth-order valence-electron chi connectivity index (χ4n) is 3.63. The Balaban J connectivity index is 1.78. The monoisotopic (exact) mass is 325 g/mol. The van der Waals surface area contributed by atoms with Crippen molar-refractivity contribution in [3.63, 3.8) is 0 Å². The summed E-state index contributed by atoms with van der Waals surface area (Å²) in [5.74, 6) is 0.752. The lowest BCUT2D eigenvalue weighted by molar-refractivity contribution is 0.0223. The third-order valence-corrected chi connectivity index (χ3v) is 5.15. The second-order valence-electron chi connectivity index (χ2n) is 8.31. The molecule has 2 atom stereocenters. The van der Waals surface area contributed by atoms with Gasteiger partial charge in [-0.1, -0.05) is 0 Å². The molecule has 0 saturated carbocycles. The first-order valence-electron chi connectivity index (χ1n) is 9.18. The smallest absolute Gasteiger partial charge is 0.410 e. The minimum Gasteiger partial charge on any atom is -0.444 e. The summed E-state index contributed by atoms with van der Waals surface area (Å²) in [6.07, 6.45) is 4.53. The molecule has 2 aliphatic heterocycles. The van der Waals surface area contributed by atoms with Crippen LogP contribution in [0.1, 0.15) is 53.4 Å². The van der Waals surface area contributed by atoms with E-state index in [1.165, 1.54) is 25.9 Å². The standard InChI is InChI=1S/C18H35N3O2/c1-14(15-8-11-20(5)12-9-15)19-13-16-7-6-10-21(16)17(22)23-18(2,3)4/h14-16,19H,6-13H2,1-5H3. The molecule has 0 aromatic heterocycles. The summed E-state index contributed by atoms with van der Waals surface area (Å²) in [5.41, 5.74) is -0.418. The van der Waals surface area contributed by atoms with Gasteiger partial charge in [0.2, 0.25) is 0 Å². The Bertz CT molecular complexity index is 386. The van der Waals surface area contributed by atoms with Crippen LogP contribution in [-0.2, 0) is 4.74 Å². The first-order chi connectivity index (χ1) is 10.8. The molecular weight excluding hydrogens is 290 g/mol. The molecule has 0 spiro atoms. The van der Waals surface area contributed by atoms with Crippen LogP contribution in [0, 0.1) is 5.92 Å². The van der Waals surface area contributed by atoms with Crippen molar-refractivity contribution in [3.05, 3.63) is 0 Å². The first kappa shape index (κ1) is 18.5. The van der Waals surface area contributed by atoms with Crippen molar-refractivity contribution in [1.82, 2.24) is 15.1 Å². The molecular formula is C18H35N3O2. The van der Waals surface area contributed by atoms with Gasteiger partial charge in [-0.3, -0.25) is 0 Å². The van der Waals surface area contributed by atoms with E-state index in [1.54, 1.807) is 0 Å². The van der Waals surface area contributed by atoms with Crippen LogP contribution >= 0.6 is 0 Å². The first-order valence-corrected chi connectivity index (χ1v) is 9.18. The number of nitrogens with one attached hydrogen (secondary N) is 1. The number of likely N-dealkylation sites (tertiary alicyclic amines) is 2. The molecule has 2 heterocycles. The van der Waals surface area contributed by atoms with Crippen LogP contribution in [0.5, 0.6) is 0 Å². The highest BCUT2D eigenvalue weighted by molar-refractivity contribution is 5.69.